The van der Waals surface area contributed by atoms with E-state index in [9.17, 15) is 43.2 Å². The van der Waals surface area contributed by atoms with Crippen molar-refractivity contribution in [1.82, 2.24) is 0 Å². The van der Waals surface area contributed by atoms with Gasteiger partial charge in [0, 0.05) is 25.7 Å². The van der Waals surface area contributed by atoms with Crippen LogP contribution in [0.25, 0.3) is 0 Å². The van der Waals surface area contributed by atoms with Gasteiger partial charge in [-0.15, -0.1) is 0 Å². The zero-order valence-electron chi connectivity index (χ0n) is 65.5. The van der Waals surface area contributed by atoms with Crippen LogP contribution in [0.1, 0.15) is 427 Å². The summed E-state index contributed by atoms with van der Waals surface area (Å²) in [6, 6.07) is 0. The van der Waals surface area contributed by atoms with Crippen LogP contribution in [0.3, 0.4) is 0 Å². The van der Waals surface area contributed by atoms with E-state index in [1.807, 2.05) is 0 Å². The van der Waals surface area contributed by atoms with Gasteiger partial charge in [-0.05, 0) is 37.5 Å². The van der Waals surface area contributed by atoms with Gasteiger partial charge < -0.3 is 33.8 Å². The first kappa shape index (κ1) is 98.1. The minimum absolute atomic E-state index is 0.105. The summed E-state index contributed by atoms with van der Waals surface area (Å²) in [5.74, 6) is -0.586. The first-order valence-electron chi connectivity index (χ1n) is 42.0. The fraction of sp³-hybridized carbons (Fsp3) is 0.951. The van der Waals surface area contributed by atoms with E-state index in [2.05, 4.69) is 41.5 Å². The van der Waals surface area contributed by atoms with Gasteiger partial charge >= 0.3 is 39.5 Å². The average molecular weight is 1470 g/mol. The highest BCUT2D eigenvalue weighted by Gasteiger charge is 2.30. The quantitative estimate of drug-likeness (QED) is 0.0222. The van der Waals surface area contributed by atoms with Crippen molar-refractivity contribution in [2.45, 2.75) is 445 Å². The molecule has 0 rings (SSSR count). The van der Waals surface area contributed by atoms with Gasteiger partial charge in [0.2, 0.25) is 0 Å². The Labute approximate surface area is 613 Å². The summed E-state index contributed by atoms with van der Waals surface area (Å²) >= 11 is 0. The van der Waals surface area contributed by atoms with Gasteiger partial charge in [0.05, 0.1) is 26.4 Å². The highest BCUT2D eigenvalue weighted by molar-refractivity contribution is 7.47. The molecule has 17 nitrogen and oxygen atoms in total. The van der Waals surface area contributed by atoms with Crippen molar-refractivity contribution in [1.29, 1.82) is 0 Å². The molecular formula is C81H158O17P2. The van der Waals surface area contributed by atoms with Crippen molar-refractivity contribution < 1.29 is 80.2 Å². The number of phosphoric acid groups is 2. The lowest BCUT2D eigenvalue weighted by atomic mass is 10.0. The highest BCUT2D eigenvalue weighted by atomic mass is 31.2. The molecule has 0 amide bonds. The van der Waals surface area contributed by atoms with Crippen LogP contribution in [0.2, 0.25) is 0 Å². The fourth-order valence-corrected chi connectivity index (χ4v) is 14.1. The first-order valence-corrected chi connectivity index (χ1v) is 45.0. The summed E-state index contributed by atoms with van der Waals surface area (Å²) in [4.78, 5) is 73.0. The van der Waals surface area contributed by atoms with Gasteiger partial charge in [0.1, 0.15) is 19.3 Å². The molecule has 100 heavy (non-hydrogen) atoms. The molecule has 19 heteroatoms. The molecule has 2 unspecified atom stereocenters. The van der Waals surface area contributed by atoms with Crippen molar-refractivity contribution in [3.8, 4) is 0 Å². The molecule has 0 saturated carbocycles. The Morgan fingerprint density at radius 2 is 0.460 bits per heavy atom. The predicted octanol–water partition coefficient (Wildman–Crippen LogP) is 24.3. The third kappa shape index (κ3) is 74.3. The molecule has 0 aromatic rings. The van der Waals surface area contributed by atoms with Crippen LogP contribution in [0.15, 0.2) is 0 Å². The van der Waals surface area contributed by atoms with Gasteiger partial charge in [-0.25, -0.2) is 9.13 Å². The normalized spacial score (nSPS) is 13.9. The van der Waals surface area contributed by atoms with Crippen molar-refractivity contribution in [2.24, 2.45) is 11.8 Å². The number of aliphatic hydroxyl groups excluding tert-OH is 1. The molecule has 0 aromatic carbocycles. The number of carbonyl (C=O) groups is 4. The monoisotopic (exact) mass is 1470 g/mol. The Kier molecular flexibility index (Phi) is 71.2. The maximum absolute atomic E-state index is 13.1. The number of carbonyl (C=O) groups excluding carboxylic acids is 4. The Balaban J connectivity index is 5.22. The Morgan fingerprint density at radius 1 is 0.270 bits per heavy atom. The molecule has 0 aromatic heterocycles. The molecule has 0 heterocycles. The molecule has 5 atom stereocenters. The maximum atomic E-state index is 13.1. The highest BCUT2D eigenvalue weighted by Crippen LogP contribution is 2.45. The van der Waals surface area contributed by atoms with Crippen molar-refractivity contribution in [3.05, 3.63) is 0 Å². The number of ether oxygens (including phenoxy) is 4. The molecule has 0 radical (unpaired) electrons. The molecule has 0 saturated heterocycles. The number of aliphatic hydroxyl groups is 1. The van der Waals surface area contributed by atoms with E-state index < -0.39 is 97.5 Å². The van der Waals surface area contributed by atoms with Crippen LogP contribution < -0.4 is 0 Å². The number of hydrogen-bond acceptors (Lipinski definition) is 15. The summed E-state index contributed by atoms with van der Waals surface area (Å²) in [5.41, 5.74) is 0. The van der Waals surface area contributed by atoms with Crippen LogP contribution >= 0.6 is 15.6 Å². The zero-order chi connectivity index (χ0) is 73.5. The molecule has 0 spiro atoms. The van der Waals surface area contributed by atoms with E-state index >= 15 is 0 Å². The summed E-state index contributed by atoms with van der Waals surface area (Å²) in [7, 11) is -9.92. The lowest BCUT2D eigenvalue weighted by molar-refractivity contribution is -0.161. The molecule has 0 aliphatic heterocycles. The lowest BCUT2D eigenvalue weighted by Gasteiger charge is -2.21. The van der Waals surface area contributed by atoms with Crippen LogP contribution in [0.4, 0.5) is 0 Å². The van der Waals surface area contributed by atoms with Crippen molar-refractivity contribution in [2.75, 3.05) is 39.6 Å². The summed E-state index contributed by atoms with van der Waals surface area (Å²) < 4.78 is 68.7. The predicted molar refractivity (Wildman–Crippen MR) is 409 cm³/mol. The van der Waals surface area contributed by atoms with Gasteiger partial charge in [0.25, 0.3) is 0 Å². The van der Waals surface area contributed by atoms with Crippen LogP contribution in [0.5, 0.6) is 0 Å². The molecule has 3 N–H and O–H groups in total. The Bertz CT molecular complexity index is 1920. The fourth-order valence-electron chi connectivity index (χ4n) is 12.5. The zero-order valence-corrected chi connectivity index (χ0v) is 67.3. The molecule has 0 aliphatic rings. The van der Waals surface area contributed by atoms with E-state index in [4.69, 9.17) is 37.0 Å². The molecule has 594 valence electrons. The third-order valence-electron chi connectivity index (χ3n) is 19.0. The number of esters is 4. The van der Waals surface area contributed by atoms with Gasteiger partial charge in [0.15, 0.2) is 12.2 Å². The number of rotatable bonds is 80. The van der Waals surface area contributed by atoms with E-state index in [0.29, 0.717) is 25.7 Å². The second kappa shape index (κ2) is 72.6. The van der Waals surface area contributed by atoms with E-state index in [0.717, 1.165) is 102 Å². The Morgan fingerprint density at radius 3 is 0.680 bits per heavy atom. The van der Waals surface area contributed by atoms with Crippen molar-refractivity contribution in [3.63, 3.8) is 0 Å². The number of phosphoric ester groups is 2. The van der Waals surface area contributed by atoms with Gasteiger partial charge in [-0.3, -0.25) is 37.3 Å². The number of unbranched alkanes of at least 4 members (excludes halogenated alkanes) is 50. The number of hydrogen-bond donors (Lipinski definition) is 3. The summed E-state index contributed by atoms with van der Waals surface area (Å²) in [5, 5.41) is 10.6. The molecule has 0 bridgehead atoms. The summed E-state index contributed by atoms with van der Waals surface area (Å²) in [6.07, 6.45) is 62.5. The minimum Gasteiger partial charge on any atom is -0.462 e. The second-order valence-corrected chi connectivity index (χ2v) is 33.0. The minimum atomic E-state index is -4.96. The SMILES string of the molecule is CCCCCCCCCCCCCCCCCCCCCCC(=O)O[C@H](COC(=O)CCCCCCCCCCCCCCCCCC(C)C)COP(=O)(O)OC[C@@H](O)COP(=O)(O)OC[C@@H](COC(=O)CCCCCCCCCCCCC)OC(=O)CCCCCCCCCCC(C)C. The summed E-state index contributed by atoms with van der Waals surface area (Å²) in [6.45, 7) is 9.61. The first-order chi connectivity index (χ1) is 48.4. The standard InChI is InChI=1S/C81H158O17P2/c1-7-9-11-13-15-17-19-20-21-22-23-24-25-28-32-36-40-47-53-59-65-80(85)97-76(69-92-79(84)64-58-52-46-39-35-31-29-26-27-30-34-37-43-49-55-61-73(3)4)71-95-99(87,88)93-67-75(82)68-94-100(89,90)96-72-77(98-81(86)66-60-54-48-42-41-44-50-56-62-74(5)6)70-91-78(83)63-57-51-45-38-33-18-16-14-12-10-8-2/h73-77,82H,7-72H2,1-6H3,(H,87,88)(H,89,90)/t75-,76-,77-/m1/s1. The largest absolute Gasteiger partial charge is 0.472 e. The van der Waals surface area contributed by atoms with E-state index in [-0.39, 0.29) is 25.7 Å². The molecule has 0 fully saturated rings. The topological polar surface area (TPSA) is 237 Å². The van der Waals surface area contributed by atoms with Crippen LogP contribution in [0, 0.1) is 11.8 Å². The maximum Gasteiger partial charge on any atom is 0.472 e. The Hall–Kier alpha value is -1.94. The molecular weight excluding hydrogens is 1310 g/mol. The van der Waals surface area contributed by atoms with Gasteiger partial charge in [-0.1, -0.05) is 375 Å². The van der Waals surface area contributed by atoms with E-state index in [1.165, 1.54) is 244 Å². The average Bonchev–Trinajstić information content (AvgIpc) is 0.939. The van der Waals surface area contributed by atoms with Crippen LogP contribution in [-0.2, 0) is 65.4 Å². The lowest BCUT2D eigenvalue weighted by Crippen LogP contribution is -2.30. The molecule has 0 aliphatic carbocycles. The van der Waals surface area contributed by atoms with Gasteiger partial charge in [-0.2, -0.15) is 0 Å². The third-order valence-corrected chi connectivity index (χ3v) is 20.9. The smallest absolute Gasteiger partial charge is 0.462 e. The second-order valence-electron chi connectivity index (χ2n) is 30.1. The van der Waals surface area contributed by atoms with E-state index in [1.54, 1.807) is 0 Å². The van der Waals surface area contributed by atoms with Crippen molar-refractivity contribution >= 4 is 39.5 Å². The van der Waals surface area contributed by atoms with Crippen LogP contribution in [-0.4, -0.2) is 96.7 Å².